The molecule has 0 fully saturated rings. The van der Waals surface area contributed by atoms with Crippen LogP contribution in [0.2, 0.25) is 0 Å². The second kappa shape index (κ2) is 8.92. The second-order valence-corrected chi connectivity index (χ2v) is 8.81. The summed E-state index contributed by atoms with van der Waals surface area (Å²) in [6.45, 7) is 0.147. The number of rotatable bonds is 4. The Morgan fingerprint density at radius 1 is 1.00 bits per heavy atom. The fourth-order valence-corrected chi connectivity index (χ4v) is 5.13. The van der Waals surface area contributed by atoms with E-state index in [1.54, 1.807) is 11.0 Å². The van der Waals surface area contributed by atoms with Crippen LogP contribution in [-0.2, 0) is 20.7 Å². The highest BCUT2D eigenvalue weighted by atomic mass is 16.7. The monoisotopic (exact) mass is 480 g/mol. The number of fused-ring (bicyclic) bond motifs is 4. The van der Waals surface area contributed by atoms with Gasteiger partial charge in [-0.2, -0.15) is 0 Å². The quantitative estimate of drug-likeness (QED) is 0.340. The van der Waals surface area contributed by atoms with E-state index < -0.39 is 18.1 Å². The second-order valence-electron chi connectivity index (χ2n) is 8.81. The first-order valence-electron chi connectivity index (χ1n) is 11.8. The zero-order valence-corrected chi connectivity index (χ0v) is 19.6. The highest BCUT2D eigenvalue weighted by Gasteiger charge is 2.43. The van der Waals surface area contributed by atoms with Gasteiger partial charge in [-0.3, -0.25) is 4.79 Å². The summed E-state index contributed by atoms with van der Waals surface area (Å²) in [7, 11) is 1.35. The maximum absolute atomic E-state index is 13.8. The van der Waals surface area contributed by atoms with E-state index in [9.17, 15) is 9.59 Å². The Balaban J connectivity index is 1.52. The summed E-state index contributed by atoms with van der Waals surface area (Å²) in [5.41, 5.74) is 4.52. The van der Waals surface area contributed by atoms with Gasteiger partial charge in [0, 0.05) is 29.1 Å². The maximum atomic E-state index is 13.8. The molecule has 0 saturated carbocycles. The molecule has 4 aromatic rings. The molecule has 1 N–H and O–H groups in total. The van der Waals surface area contributed by atoms with Gasteiger partial charge < -0.3 is 24.1 Å². The van der Waals surface area contributed by atoms with Gasteiger partial charge in [0.1, 0.15) is 6.04 Å². The number of esters is 1. The molecular weight excluding hydrogens is 456 g/mol. The molecule has 3 heterocycles. The molecule has 0 unspecified atom stereocenters. The molecule has 180 valence electrons. The third-order valence-electron chi connectivity index (χ3n) is 6.79. The van der Waals surface area contributed by atoms with Crippen molar-refractivity contribution in [3.8, 4) is 11.5 Å². The lowest BCUT2D eigenvalue weighted by molar-refractivity contribution is -0.153. The number of carbonyl (C=O) groups excluding carboxylic acids is 2. The molecule has 3 aromatic carbocycles. The van der Waals surface area contributed by atoms with Crippen molar-refractivity contribution in [1.82, 2.24) is 9.88 Å². The van der Waals surface area contributed by atoms with E-state index in [-0.39, 0.29) is 12.7 Å². The molecule has 7 nitrogen and oxygen atoms in total. The number of H-pyrrole nitrogens is 1. The predicted octanol–water partition coefficient (Wildman–Crippen LogP) is 4.63. The standard InChI is InChI=1S/C29H24N2O5/c1-34-29(33)23-16-21-20-9-5-6-10-22(20)30-27(21)28(19-12-13-24-25(15-19)36-17-35-24)31(23)26(32)14-11-18-7-3-2-4-8-18/h2-15,23,28,30H,16-17H2,1H3/b14-11+/t23-,28-/m1/s1. The first-order chi connectivity index (χ1) is 17.6. The number of amides is 1. The first kappa shape index (κ1) is 22.0. The number of carbonyl (C=O) groups is 2. The molecular formula is C29H24N2O5. The molecule has 0 bridgehead atoms. The Bertz CT molecular complexity index is 1490. The van der Waals surface area contributed by atoms with E-state index in [0.29, 0.717) is 17.9 Å². The van der Waals surface area contributed by atoms with Crippen LogP contribution < -0.4 is 9.47 Å². The van der Waals surface area contributed by atoms with Crippen LogP contribution in [0.15, 0.2) is 78.9 Å². The number of nitrogens with zero attached hydrogens (tertiary/aromatic N) is 1. The third-order valence-corrected chi connectivity index (χ3v) is 6.79. The molecule has 0 saturated heterocycles. The Hall–Kier alpha value is -4.52. The van der Waals surface area contributed by atoms with Gasteiger partial charge in [-0.25, -0.2) is 4.79 Å². The van der Waals surface area contributed by atoms with Crippen LogP contribution in [0, 0.1) is 0 Å². The molecule has 2 atom stereocenters. The number of aromatic nitrogens is 1. The van der Waals surface area contributed by atoms with Crippen molar-refractivity contribution in [3.63, 3.8) is 0 Å². The first-order valence-corrected chi connectivity index (χ1v) is 11.8. The smallest absolute Gasteiger partial charge is 0.328 e. The van der Waals surface area contributed by atoms with Crippen LogP contribution >= 0.6 is 0 Å². The van der Waals surface area contributed by atoms with Gasteiger partial charge in [-0.05, 0) is 41.0 Å². The van der Waals surface area contributed by atoms with E-state index in [1.165, 1.54) is 13.2 Å². The number of methoxy groups -OCH3 is 1. The Morgan fingerprint density at radius 3 is 2.61 bits per heavy atom. The molecule has 36 heavy (non-hydrogen) atoms. The van der Waals surface area contributed by atoms with Crippen molar-refractivity contribution < 1.29 is 23.8 Å². The van der Waals surface area contributed by atoms with Gasteiger partial charge in [-0.15, -0.1) is 0 Å². The topological polar surface area (TPSA) is 80.9 Å². The molecule has 7 heteroatoms. The number of benzene rings is 3. The highest BCUT2D eigenvalue weighted by molar-refractivity contribution is 5.97. The van der Waals surface area contributed by atoms with E-state index in [0.717, 1.165) is 33.3 Å². The number of ether oxygens (including phenoxy) is 3. The molecule has 1 amide bonds. The van der Waals surface area contributed by atoms with E-state index in [4.69, 9.17) is 14.2 Å². The van der Waals surface area contributed by atoms with Crippen molar-refractivity contribution in [2.45, 2.75) is 18.5 Å². The molecule has 2 aliphatic heterocycles. The minimum atomic E-state index is -0.801. The van der Waals surface area contributed by atoms with Crippen LogP contribution in [0.5, 0.6) is 11.5 Å². The van der Waals surface area contributed by atoms with E-state index in [1.807, 2.05) is 72.8 Å². The van der Waals surface area contributed by atoms with Gasteiger partial charge >= 0.3 is 5.97 Å². The summed E-state index contributed by atoms with van der Waals surface area (Å²) in [4.78, 5) is 32.0. The molecule has 6 rings (SSSR count). The van der Waals surface area contributed by atoms with Gasteiger partial charge in [-0.1, -0.05) is 54.6 Å². The number of para-hydroxylation sites is 1. The molecule has 1 aromatic heterocycles. The van der Waals surface area contributed by atoms with Crippen LogP contribution in [0.1, 0.15) is 28.4 Å². The zero-order chi connectivity index (χ0) is 24.6. The van der Waals surface area contributed by atoms with Crippen molar-refractivity contribution in [3.05, 3.63) is 101 Å². The molecule has 0 radical (unpaired) electrons. The summed E-state index contributed by atoms with van der Waals surface area (Å²) < 4.78 is 16.3. The van der Waals surface area contributed by atoms with Gasteiger partial charge in [0.05, 0.1) is 13.2 Å². The lowest BCUT2D eigenvalue weighted by atomic mass is 9.87. The Morgan fingerprint density at radius 2 is 1.78 bits per heavy atom. The van der Waals surface area contributed by atoms with E-state index >= 15 is 0 Å². The van der Waals surface area contributed by atoms with Crippen LogP contribution in [0.4, 0.5) is 0 Å². The van der Waals surface area contributed by atoms with Crippen molar-refractivity contribution in [2.24, 2.45) is 0 Å². The third kappa shape index (κ3) is 3.69. The number of aromatic amines is 1. The van der Waals surface area contributed by atoms with Crippen LogP contribution in [0.3, 0.4) is 0 Å². The summed E-state index contributed by atoms with van der Waals surface area (Å²) in [5, 5.41) is 1.03. The molecule has 0 spiro atoms. The average Bonchev–Trinajstić information content (AvgIpc) is 3.54. The summed E-state index contributed by atoms with van der Waals surface area (Å²) >= 11 is 0. The Labute approximate surface area is 207 Å². The largest absolute Gasteiger partial charge is 0.467 e. The van der Waals surface area contributed by atoms with Gasteiger partial charge in [0.2, 0.25) is 12.7 Å². The minimum Gasteiger partial charge on any atom is -0.467 e. The predicted molar refractivity (Wildman–Crippen MR) is 135 cm³/mol. The van der Waals surface area contributed by atoms with Crippen LogP contribution in [-0.4, -0.2) is 41.7 Å². The minimum absolute atomic E-state index is 0.147. The van der Waals surface area contributed by atoms with Gasteiger partial charge in [0.25, 0.3) is 0 Å². The molecule has 2 aliphatic rings. The number of hydrogen-bond acceptors (Lipinski definition) is 5. The van der Waals surface area contributed by atoms with Crippen molar-refractivity contribution in [1.29, 1.82) is 0 Å². The summed E-state index contributed by atoms with van der Waals surface area (Å²) in [5.74, 6) is 0.509. The molecule has 0 aliphatic carbocycles. The number of nitrogens with one attached hydrogen (secondary N) is 1. The average molecular weight is 481 g/mol. The van der Waals surface area contributed by atoms with E-state index in [2.05, 4.69) is 4.98 Å². The Kier molecular flexibility index (Phi) is 5.45. The lowest BCUT2D eigenvalue weighted by Crippen LogP contribution is -2.51. The van der Waals surface area contributed by atoms with Crippen molar-refractivity contribution >= 4 is 28.9 Å². The summed E-state index contributed by atoms with van der Waals surface area (Å²) in [6.07, 6.45) is 3.62. The zero-order valence-electron chi connectivity index (χ0n) is 19.6. The fraction of sp³-hybridized carbons (Fsp3) is 0.172. The lowest BCUT2D eigenvalue weighted by Gasteiger charge is -2.40. The number of hydrogen-bond donors (Lipinski definition) is 1. The van der Waals surface area contributed by atoms with Crippen molar-refractivity contribution in [2.75, 3.05) is 13.9 Å². The van der Waals surface area contributed by atoms with Gasteiger partial charge in [0.15, 0.2) is 11.5 Å². The van der Waals surface area contributed by atoms with Crippen LogP contribution in [0.25, 0.3) is 17.0 Å². The summed E-state index contributed by atoms with van der Waals surface area (Å²) in [6, 6.07) is 21.8. The normalized spacial score (nSPS) is 18.4. The highest BCUT2D eigenvalue weighted by Crippen LogP contribution is 2.44. The maximum Gasteiger partial charge on any atom is 0.328 e. The SMILES string of the molecule is COC(=O)[C@H]1Cc2c([nH]c3ccccc23)[C@@H](c2ccc3c(c2)OCO3)N1C(=O)/C=C/c1ccccc1. The fourth-order valence-electron chi connectivity index (χ4n) is 5.13.